The summed E-state index contributed by atoms with van der Waals surface area (Å²) in [5, 5.41) is 0. The van der Waals surface area contributed by atoms with Crippen LogP contribution in [0.15, 0.2) is 53.4 Å². The zero-order valence-electron chi connectivity index (χ0n) is 15.6. The Bertz CT molecular complexity index is 972. The molecule has 164 valence electrons. The van der Waals surface area contributed by atoms with Gasteiger partial charge in [0, 0.05) is 19.0 Å². The van der Waals surface area contributed by atoms with Crippen LogP contribution in [-0.4, -0.2) is 31.7 Å². The Morgan fingerprint density at radius 3 is 1.87 bits per heavy atom. The number of piperidine rings is 1. The maximum Gasteiger partial charge on any atom is 0.416 e. The molecule has 1 aliphatic heterocycles. The molecule has 0 unspecified atom stereocenters. The largest absolute Gasteiger partial charge is 0.457 e. The Hall–Kier alpha value is -2.30. The molecule has 1 fully saturated rings. The predicted molar refractivity (Wildman–Crippen MR) is 106 cm³/mol. The minimum atomic E-state index is -4.43. The highest BCUT2D eigenvalue weighted by Gasteiger charge is 2.31. The second kappa shape index (κ2) is 9.23. The molecule has 11 heteroatoms. The fourth-order valence-corrected chi connectivity index (χ4v) is 4.53. The number of benzene rings is 2. The van der Waals surface area contributed by atoms with E-state index in [1.807, 2.05) is 0 Å². The van der Waals surface area contributed by atoms with Gasteiger partial charge in [0.25, 0.3) is 0 Å². The molecular weight excluding hydrogens is 445 g/mol. The van der Waals surface area contributed by atoms with Crippen LogP contribution in [0, 0.1) is 5.92 Å². The van der Waals surface area contributed by atoms with Gasteiger partial charge in [0.15, 0.2) is 0 Å². The Morgan fingerprint density at radius 2 is 1.43 bits per heavy atom. The molecule has 2 N–H and O–H groups in total. The van der Waals surface area contributed by atoms with Gasteiger partial charge in [-0.05, 0) is 61.4 Å². The molecule has 0 atom stereocenters. The third-order valence-corrected chi connectivity index (χ3v) is 6.65. The third kappa shape index (κ3) is 5.44. The minimum absolute atomic E-state index is 0. The zero-order chi connectivity index (χ0) is 21.2. The van der Waals surface area contributed by atoms with Crippen molar-refractivity contribution in [2.24, 2.45) is 11.7 Å². The van der Waals surface area contributed by atoms with E-state index >= 15 is 0 Å². The van der Waals surface area contributed by atoms with E-state index in [0.717, 1.165) is 12.1 Å². The minimum Gasteiger partial charge on any atom is -0.457 e. The van der Waals surface area contributed by atoms with Crippen LogP contribution in [0.5, 0.6) is 11.5 Å². The lowest BCUT2D eigenvalue weighted by molar-refractivity contribution is -0.137. The Balaban J connectivity index is 0.00000320. The second-order valence-electron chi connectivity index (χ2n) is 6.68. The number of nitrogens with two attached hydrogens (primary N) is 1. The predicted octanol–water partition coefficient (Wildman–Crippen LogP) is 3.81. The van der Waals surface area contributed by atoms with Crippen LogP contribution in [0.25, 0.3) is 0 Å². The average Bonchev–Trinajstić information content (AvgIpc) is 2.68. The first-order valence-corrected chi connectivity index (χ1v) is 10.3. The molecule has 6 nitrogen and oxygen atoms in total. The molecule has 1 amide bonds. The number of hydrogen-bond donors (Lipinski definition) is 1. The molecule has 0 aromatic heterocycles. The summed E-state index contributed by atoms with van der Waals surface area (Å²) < 4.78 is 70.0. The van der Waals surface area contributed by atoms with Crippen LogP contribution in [0.1, 0.15) is 18.4 Å². The summed E-state index contributed by atoms with van der Waals surface area (Å²) in [5.41, 5.74) is 4.48. The normalized spacial score (nSPS) is 16.0. The molecule has 1 saturated heterocycles. The molecule has 0 bridgehead atoms. The monoisotopic (exact) mass is 464 g/mol. The molecule has 0 saturated carbocycles. The number of ether oxygens (including phenoxy) is 1. The van der Waals surface area contributed by atoms with Crippen molar-refractivity contribution >= 4 is 28.3 Å². The van der Waals surface area contributed by atoms with Crippen molar-refractivity contribution in [2.75, 3.05) is 13.1 Å². The van der Waals surface area contributed by atoms with Crippen molar-refractivity contribution in [1.82, 2.24) is 4.31 Å². The van der Waals surface area contributed by atoms with Crippen LogP contribution in [0.4, 0.5) is 13.2 Å². The molecular formula is C19H20ClF3N2O4S. The van der Waals surface area contributed by atoms with Crippen molar-refractivity contribution < 1.29 is 31.1 Å². The number of carbonyl (C=O) groups excluding carboxylic acids is 1. The molecule has 2 aromatic carbocycles. The molecule has 2 aromatic rings. The zero-order valence-corrected chi connectivity index (χ0v) is 17.3. The van der Waals surface area contributed by atoms with Crippen molar-refractivity contribution in [2.45, 2.75) is 23.9 Å². The summed E-state index contributed by atoms with van der Waals surface area (Å²) in [5.74, 6) is -0.258. The van der Waals surface area contributed by atoms with Crippen LogP contribution in [0.3, 0.4) is 0 Å². The maximum absolute atomic E-state index is 12.7. The first-order valence-electron chi connectivity index (χ1n) is 8.82. The van der Waals surface area contributed by atoms with Crippen molar-refractivity contribution in [3.63, 3.8) is 0 Å². The number of hydrogen-bond acceptors (Lipinski definition) is 4. The number of rotatable bonds is 5. The first-order chi connectivity index (χ1) is 13.6. The van der Waals surface area contributed by atoms with Gasteiger partial charge in [0.2, 0.25) is 15.9 Å². The third-order valence-electron chi connectivity index (χ3n) is 4.74. The maximum atomic E-state index is 12.7. The number of carbonyl (C=O) groups is 1. The standard InChI is InChI=1S/C19H19F3N2O4S.ClH/c20-19(21,22)14-1-3-15(4-2-14)28-16-5-7-17(8-6-16)29(26,27)24-11-9-13(10-12-24)18(23)25;/h1-8,13H,9-12H2,(H2,23,25);1H. The molecule has 30 heavy (non-hydrogen) atoms. The second-order valence-corrected chi connectivity index (χ2v) is 8.61. The van der Waals surface area contributed by atoms with Gasteiger partial charge in [-0.25, -0.2) is 8.42 Å². The highest BCUT2D eigenvalue weighted by atomic mass is 35.5. The van der Waals surface area contributed by atoms with E-state index in [2.05, 4.69) is 0 Å². The van der Waals surface area contributed by atoms with Crippen molar-refractivity contribution in [1.29, 1.82) is 0 Å². The van der Waals surface area contributed by atoms with E-state index in [1.165, 1.54) is 40.7 Å². The summed E-state index contributed by atoms with van der Waals surface area (Å²) in [6.45, 7) is 0.416. The van der Waals surface area contributed by atoms with Crippen molar-refractivity contribution in [3.05, 3.63) is 54.1 Å². The van der Waals surface area contributed by atoms with Gasteiger partial charge in [-0.15, -0.1) is 12.4 Å². The van der Waals surface area contributed by atoms with E-state index < -0.39 is 27.7 Å². The molecule has 3 rings (SSSR count). The van der Waals surface area contributed by atoms with Crippen molar-refractivity contribution in [3.8, 4) is 11.5 Å². The van der Waals surface area contributed by atoms with Crippen LogP contribution in [0.2, 0.25) is 0 Å². The SMILES string of the molecule is Cl.NC(=O)C1CCN(S(=O)(=O)c2ccc(Oc3ccc(C(F)(F)F)cc3)cc2)CC1. The molecule has 0 radical (unpaired) electrons. The van der Waals surface area contributed by atoms with E-state index in [-0.39, 0.29) is 47.8 Å². The van der Waals surface area contributed by atoms with E-state index in [4.69, 9.17) is 10.5 Å². The number of sulfonamides is 1. The first kappa shape index (κ1) is 24.0. The van der Waals surface area contributed by atoms with Crippen LogP contribution in [-0.2, 0) is 21.0 Å². The number of amides is 1. The Morgan fingerprint density at radius 1 is 0.967 bits per heavy atom. The van der Waals surface area contributed by atoms with Gasteiger partial charge >= 0.3 is 6.18 Å². The van der Waals surface area contributed by atoms with Gasteiger partial charge in [0.05, 0.1) is 10.5 Å². The number of nitrogens with zero attached hydrogens (tertiary/aromatic N) is 1. The van der Waals surface area contributed by atoms with Gasteiger partial charge in [0.1, 0.15) is 11.5 Å². The van der Waals surface area contributed by atoms with E-state index in [9.17, 15) is 26.4 Å². The Labute approximate surface area is 178 Å². The number of halogens is 4. The summed E-state index contributed by atoms with van der Waals surface area (Å²) in [6, 6.07) is 9.80. The van der Waals surface area contributed by atoms with Crippen LogP contribution >= 0.6 is 12.4 Å². The average molecular weight is 465 g/mol. The number of alkyl halides is 3. The summed E-state index contributed by atoms with van der Waals surface area (Å²) in [6.07, 6.45) is -3.67. The quantitative estimate of drug-likeness (QED) is 0.728. The smallest absolute Gasteiger partial charge is 0.416 e. The van der Waals surface area contributed by atoms with Gasteiger partial charge in [-0.3, -0.25) is 4.79 Å². The lowest BCUT2D eigenvalue weighted by atomic mass is 9.98. The van der Waals surface area contributed by atoms with Gasteiger partial charge < -0.3 is 10.5 Å². The van der Waals surface area contributed by atoms with Gasteiger partial charge in [-0.2, -0.15) is 17.5 Å². The van der Waals surface area contributed by atoms with Gasteiger partial charge in [-0.1, -0.05) is 0 Å². The molecule has 1 aliphatic rings. The lowest BCUT2D eigenvalue weighted by Gasteiger charge is -2.29. The lowest BCUT2D eigenvalue weighted by Crippen LogP contribution is -2.41. The highest BCUT2D eigenvalue weighted by Crippen LogP contribution is 2.32. The molecule has 0 spiro atoms. The molecule has 1 heterocycles. The summed E-state index contributed by atoms with van der Waals surface area (Å²) >= 11 is 0. The Kier molecular flexibility index (Phi) is 7.38. The molecule has 0 aliphatic carbocycles. The van der Waals surface area contributed by atoms with E-state index in [1.54, 1.807) is 0 Å². The topological polar surface area (TPSA) is 89.7 Å². The number of primary amides is 1. The summed E-state index contributed by atoms with van der Waals surface area (Å²) in [4.78, 5) is 11.3. The van der Waals surface area contributed by atoms with Crippen LogP contribution < -0.4 is 10.5 Å². The fraction of sp³-hybridized carbons (Fsp3) is 0.316. The highest BCUT2D eigenvalue weighted by molar-refractivity contribution is 7.89. The fourth-order valence-electron chi connectivity index (χ4n) is 3.06. The summed E-state index contributed by atoms with van der Waals surface area (Å²) in [7, 11) is -3.72. The van der Waals surface area contributed by atoms with E-state index in [0.29, 0.717) is 12.8 Å².